The molecule has 2 atom stereocenters. The molecule has 166 valence electrons. The van der Waals surface area contributed by atoms with E-state index in [1.807, 2.05) is 6.07 Å². The van der Waals surface area contributed by atoms with Gasteiger partial charge in [-0.05, 0) is 42.8 Å². The van der Waals surface area contributed by atoms with Gasteiger partial charge in [-0.2, -0.15) is 0 Å². The van der Waals surface area contributed by atoms with Crippen LogP contribution in [0.1, 0.15) is 18.6 Å². The minimum atomic E-state index is -0.941. The summed E-state index contributed by atoms with van der Waals surface area (Å²) in [5.41, 5.74) is 2.60. The molecule has 31 heavy (non-hydrogen) atoms. The van der Waals surface area contributed by atoms with Gasteiger partial charge >= 0.3 is 6.09 Å². The molecule has 0 radical (unpaired) electrons. The van der Waals surface area contributed by atoms with Crippen LogP contribution < -0.4 is 15.5 Å². The second-order valence-electron chi connectivity index (χ2n) is 6.22. The van der Waals surface area contributed by atoms with E-state index >= 15 is 0 Å². The maximum absolute atomic E-state index is 12.6. The molecule has 2 rings (SSSR count). The Morgan fingerprint density at radius 1 is 1.13 bits per heavy atom. The van der Waals surface area contributed by atoms with Gasteiger partial charge in [-0.1, -0.05) is 30.3 Å². The summed E-state index contributed by atoms with van der Waals surface area (Å²) in [6.07, 6.45) is -0.0297. The maximum atomic E-state index is 12.6. The van der Waals surface area contributed by atoms with Crippen molar-refractivity contribution in [1.29, 1.82) is 0 Å². The molecular formula is C22H26N2O7. The average Bonchev–Trinajstić information content (AvgIpc) is 2.79. The second-order valence-corrected chi connectivity index (χ2v) is 6.22. The lowest BCUT2D eigenvalue weighted by atomic mass is 10.0. The Bertz CT molecular complexity index is 858. The first-order chi connectivity index (χ1) is 15.1. The standard InChI is InChI=1S/C22H26N2O7/c1-2-29-19(11-12-20(26)24-28)21(16-7-6-10-18(15-16)30-14-13-25)31-22(27)23-17-8-4-3-5-9-17/h3-12,15,19,21,25,28H,2,13-14H2,1H3,(H,23,27)(H,24,26)/b12-11+/t19-,21-/m0/s1. The lowest BCUT2D eigenvalue weighted by Crippen LogP contribution is -2.28. The number of ether oxygens (including phenoxy) is 3. The molecule has 0 fully saturated rings. The molecule has 4 N–H and O–H groups in total. The van der Waals surface area contributed by atoms with Gasteiger partial charge in [-0.15, -0.1) is 0 Å². The summed E-state index contributed by atoms with van der Waals surface area (Å²) in [6, 6.07) is 15.6. The van der Waals surface area contributed by atoms with E-state index in [1.54, 1.807) is 55.5 Å². The number of nitrogens with one attached hydrogen (secondary N) is 2. The molecule has 0 bridgehead atoms. The van der Waals surface area contributed by atoms with Gasteiger partial charge in [-0.25, -0.2) is 10.3 Å². The van der Waals surface area contributed by atoms with E-state index in [-0.39, 0.29) is 19.8 Å². The zero-order chi connectivity index (χ0) is 22.5. The highest BCUT2D eigenvalue weighted by atomic mass is 16.6. The summed E-state index contributed by atoms with van der Waals surface area (Å²) in [7, 11) is 0. The van der Waals surface area contributed by atoms with E-state index in [4.69, 9.17) is 24.5 Å². The summed E-state index contributed by atoms with van der Waals surface area (Å²) in [5.74, 6) is -0.284. The van der Waals surface area contributed by atoms with Crippen LogP contribution in [0.2, 0.25) is 0 Å². The Balaban J connectivity index is 2.31. The fraction of sp³-hybridized carbons (Fsp3) is 0.273. The predicted molar refractivity (Wildman–Crippen MR) is 113 cm³/mol. The molecule has 0 aliphatic rings. The van der Waals surface area contributed by atoms with Crippen molar-refractivity contribution in [3.8, 4) is 5.75 Å². The maximum Gasteiger partial charge on any atom is 0.412 e. The molecular weight excluding hydrogens is 404 g/mol. The number of hydroxylamine groups is 1. The normalized spacial score (nSPS) is 12.7. The smallest absolute Gasteiger partial charge is 0.412 e. The molecule has 9 heteroatoms. The van der Waals surface area contributed by atoms with Crippen LogP contribution in [0.25, 0.3) is 0 Å². The first-order valence-electron chi connectivity index (χ1n) is 9.67. The third-order valence-corrected chi connectivity index (χ3v) is 4.01. The molecule has 2 aromatic carbocycles. The van der Waals surface area contributed by atoms with E-state index in [9.17, 15) is 9.59 Å². The number of aliphatic hydroxyl groups is 1. The number of amides is 2. The van der Waals surface area contributed by atoms with Crippen molar-refractivity contribution in [2.45, 2.75) is 19.1 Å². The van der Waals surface area contributed by atoms with Gasteiger partial charge in [0.25, 0.3) is 5.91 Å². The highest BCUT2D eigenvalue weighted by Gasteiger charge is 2.27. The van der Waals surface area contributed by atoms with Crippen LogP contribution in [-0.2, 0) is 14.3 Å². The fourth-order valence-corrected chi connectivity index (χ4v) is 2.71. The number of carbonyl (C=O) groups is 2. The minimum absolute atomic E-state index is 0.106. The summed E-state index contributed by atoms with van der Waals surface area (Å²) in [5, 5.41) is 20.4. The molecule has 0 unspecified atom stereocenters. The van der Waals surface area contributed by atoms with Crippen LogP contribution in [0.4, 0.5) is 10.5 Å². The van der Waals surface area contributed by atoms with Gasteiger partial charge in [0.2, 0.25) is 0 Å². The SMILES string of the molecule is CCO[C@@H](/C=C/C(=O)NO)[C@@H](OC(=O)Nc1ccccc1)c1cccc(OCCO)c1. The highest BCUT2D eigenvalue weighted by molar-refractivity contribution is 5.86. The van der Waals surface area contributed by atoms with Crippen LogP contribution in [-0.4, -0.2) is 48.2 Å². The number of hydrogen-bond acceptors (Lipinski definition) is 7. The van der Waals surface area contributed by atoms with Gasteiger partial charge in [0.05, 0.1) is 6.61 Å². The number of carbonyl (C=O) groups excluding carboxylic acids is 2. The van der Waals surface area contributed by atoms with Crippen LogP contribution in [0, 0.1) is 0 Å². The molecule has 0 spiro atoms. The Hall–Kier alpha value is -3.40. The van der Waals surface area contributed by atoms with E-state index < -0.39 is 24.2 Å². The number of aliphatic hydroxyl groups excluding tert-OH is 1. The predicted octanol–water partition coefficient (Wildman–Crippen LogP) is 2.81. The average molecular weight is 430 g/mol. The Morgan fingerprint density at radius 2 is 1.90 bits per heavy atom. The summed E-state index contributed by atoms with van der Waals surface area (Å²) in [4.78, 5) is 24.0. The minimum Gasteiger partial charge on any atom is -0.491 e. The van der Waals surface area contributed by atoms with E-state index in [1.165, 1.54) is 11.6 Å². The summed E-state index contributed by atoms with van der Waals surface area (Å²) >= 11 is 0. The molecule has 0 saturated heterocycles. The van der Waals surface area contributed by atoms with Gasteiger partial charge in [0.15, 0.2) is 6.10 Å². The van der Waals surface area contributed by atoms with Crippen molar-refractivity contribution in [3.05, 3.63) is 72.3 Å². The van der Waals surface area contributed by atoms with Gasteiger partial charge in [-0.3, -0.25) is 15.3 Å². The van der Waals surface area contributed by atoms with Crippen LogP contribution in [0.15, 0.2) is 66.7 Å². The van der Waals surface area contributed by atoms with Gasteiger partial charge in [0, 0.05) is 18.4 Å². The zero-order valence-corrected chi connectivity index (χ0v) is 17.1. The van der Waals surface area contributed by atoms with Gasteiger partial charge in [0.1, 0.15) is 18.5 Å². The third-order valence-electron chi connectivity index (χ3n) is 4.01. The quantitative estimate of drug-likeness (QED) is 0.245. The molecule has 0 aliphatic heterocycles. The molecule has 0 heterocycles. The number of benzene rings is 2. The molecule has 0 aromatic heterocycles. The first kappa shape index (κ1) is 23.9. The van der Waals surface area contributed by atoms with Crippen molar-refractivity contribution >= 4 is 17.7 Å². The van der Waals surface area contributed by atoms with Crippen LogP contribution in [0.5, 0.6) is 5.75 Å². The third kappa shape index (κ3) is 8.09. The number of rotatable bonds is 11. The topological polar surface area (TPSA) is 126 Å². The Labute approximate surface area is 180 Å². The summed E-state index contributed by atoms with van der Waals surface area (Å²) in [6.45, 7) is 1.99. The molecule has 0 saturated carbocycles. The second kappa shape index (κ2) is 13.0. The summed E-state index contributed by atoms with van der Waals surface area (Å²) < 4.78 is 16.8. The largest absolute Gasteiger partial charge is 0.491 e. The monoisotopic (exact) mass is 430 g/mol. The van der Waals surface area contributed by atoms with Crippen LogP contribution >= 0.6 is 0 Å². The van der Waals surface area contributed by atoms with Crippen molar-refractivity contribution in [2.24, 2.45) is 0 Å². The highest BCUT2D eigenvalue weighted by Crippen LogP contribution is 2.28. The molecule has 2 amide bonds. The Morgan fingerprint density at radius 3 is 2.58 bits per heavy atom. The first-order valence-corrected chi connectivity index (χ1v) is 9.67. The van der Waals surface area contributed by atoms with Crippen LogP contribution in [0.3, 0.4) is 0 Å². The van der Waals surface area contributed by atoms with Crippen molar-refractivity contribution in [3.63, 3.8) is 0 Å². The van der Waals surface area contributed by atoms with Crippen molar-refractivity contribution in [1.82, 2.24) is 5.48 Å². The molecule has 9 nitrogen and oxygen atoms in total. The molecule has 2 aromatic rings. The number of para-hydroxylation sites is 1. The van der Waals surface area contributed by atoms with Crippen molar-refractivity contribution < 1.29 is 34.1 Å². The lowest BCUT2D eigenvalue weighted by Gasteiger charge is -2.25. The van der Waals surface area contributed by atoms with E-state index in [0.29, 0.717) is 17.0 Å². The van der Waals surface area contributed by atoms with E-state index in [0.717, 1.165) is 6.08 Å². The zero-order valence-electron chi connectivity index (χ0n) is 17.1. The lowest BCUT2D eigenvalue weighted by molar-refractivity contribution is -0.124. The number of hydrogen-bond donors (Lipinski definition) is 4. The molecule has 0 aliphatic carbocycles. The van der Waals surface area contributed by atoms with Gasteiger partial charge < -0.3 is 19.3 Å². The van der Waals surface area contributed by atoms with Crippen molar-refractivity contribution in [2.75, 3.05) is 25.1 Å². The number of anilines is 1. The van der Waals surface area contributed by atoms with E-state index in [2.05, 4.69) is 5.32 Å². The Kier molecular flexibility index (Phi) is 10.0. The fourth-order valence-electron chi connectivity index (χ4n) is 2.71.